The molecule has 0 bridgehead atoms. The molecule has 0 atom stereocenters. The number of hydrogen-bond donors (Lipinski definition) is 0. The van der Waals surface area contributed by atoms with Crippen LogP contribution >= 0.6 is 0 Å². The minimum Gasteiger partial charge on any atom is -0.100 e. The van der Waals surface area contributed by atoms with Crippen molar-refractivity contribution in [3.63, 3.8) is 0 Å². The highest BCUT2D eigenvalue weighted by Crippen LogP contribution is 2.37. The van der Waals surface area contributed by atoms with Gasteiger partial charge >= 0.3 is 0 Å². The van der Waals surface area contributed by atoms with Crippen molar-refractivity contribution in [2.45, 2.75) is 93.9 Å². The fraction of sp³-hybridized carbons (Fsp3) is 0.727. The Morgan fingerprint density at radius 3 is 2.00 bits per heavy atom. The molecule has 0 fully saturated rings. The van der Waals surface area contributed by atoms with Crippen molar-refractivity contribution in [2.75, 3.05) is 0 Å². The van der Waals surface area contributed by atoms with Gasteiger partial charge in [0.2, 0.25) is 0 Å². The molecular weight excluding hydrogens is 264 g/mol. The fourth-order valence-electron chi connectivity index (χ4n) is 3.63. The van der Waals surface area contributed by atoms with E-state index < -0.39 is 0 Å². The normalized spacial score (nSPS) is 13.2. The summed E-state index contributed by atoms with van der Waals surface area (Å²) in [4.78, 5) is 0. The maximum Gasteiger partial charge on any atom is -0.0135 e. The van der Waals surface area contributed by atoms with Gasteiger partial charge in [-0.1, -0.05) is 76.3 Å². The van der Waals surface area contributed by atoms with Gasteiger partial charge in [0.15, 0.2) is 0 Å². The van der Waals surface area contributed by atoms with Gasteiger partial charge in [-0.2, -0.15) is 0 Å². The zero-order valence-electron chi connectivity index (χ0n) is 16.6. The first kappa shape index (κ1) is 21.2. The molecule has 0 aliphatic carbocycles. The van der Waals surface area contributed by atoms with Crippen LogP contribution in [0.15, 0.2) is 35.5 Å². The van der Waals surface area contributed by atoms with Crippen LogP contribution in [0.25, 0.3) is 0 Å². The zero-order valence-corrected chi connectivity index (χ0v) is 16.6. The first-order valence-corrected chi connectivity index (χ1v) is 8.96. The summed E-state index contributed by atoms with van der Waals surface area (Å²) in [5, 5.41) is 0. The van der Waals surface area contributed by atoms with Crippen LogP contribution < -0.4 is 0 Å². The lowest BCUT2D eigenvalue weighted by atomic mass is 9.75. The van der Waals surface area contributed by atoms with Gasteiger partial charge in [0.05, 0.1) is 0 Å². The Bertz CT molecular complexity index is 398. The lowest BCUT2D eigenvalue weighted by Gasteiger charge is -2.30. The maximum absolute atomic E-state index is 4.11. The molecule has 0 aliphatic rings. The van der Waals surface area contributed by atoms with Gasteiger partial charge in [-0.3, -0.25) is 0 Å². The molecule has 0 heterocycles. The molecule has 0 spiro atoms. The smallest absolute Gasteiger partial charge is 0.0135 e. The molecular formula is C22H40. The van der Waals surface area contributed by atoms with Crippen molar-refractivity contribution in [3.8, 4) is 0 Å². The van der Waals surface area contributed by atoms with Crippen LogP contribution in [0.2, 0.25) is 0 Å². The van der Waals surface area contributed by atoms with Crippen molar-refractivity contribution in [3.05, 3.63) is 35.5 Å². The van der Waals surface area contributed by atoms with Crippen LogP contribution in [0.1, 0.15) is 93.9 Å². The van der Waals surface area contributed by atoms with Crippen molar-refractivity contribution in [1.82, 2.24) is 0 Å². The van der Waals surface area contributed by atoms with E-state index in [0.29, 0.717) is 5.41 Å². The summed E-state index contributed by atoms with van der Waals surface area (Å²) in [5.41, 5.74) is 4.89. The van der Waals surface area contributed by atoms with Crippen LogP contribution in [0.5, 0.6) is 0 Å². The van der Waals surface area contributed by atoms with E-state index in [-0.39, 0.29) is 5.41 Å². The molecule has 0 aromatic heterocycles. The highest BCUT2D eigenvalue weighted by molar-refractivity contribution is 5.14. The average molecular weight is 305 g/mol. The van der Waals surface area contributed by atoms with E-state index >= 15 is 0 Å². The molecule has 0 radical (unpaired) electrons. The highest BCUT2D eigenvalue weighted by atomic mass is 14.3. The van der Waals surface area contributed by atoms with E-state index in [1.54, 1.807) is 5.57 Å². The quantitative estimate of drug-likeness (QED) is 0.284. The molecule has 0 rings (SSSR count). The second-order valence-corrected chi connectivity index (χ2v) is 8.87. The summed E-state index contributed by atoms with van der Waals surface area (Å²) in [6.45, 7) is 22.4. The number of allylic oxidation sites excluding steroid dienone is 5. The van der Waals surface area contributed by atoms with Crippen LogP contribution in [0, 0.1) is 10.8 Å². The summed E-state index contributed by atoms with van der Waals surface area (Å²) >= 11 is 0. The molecule has 0 unspecified atom stereocenters. The van der Waals surface area contributed by atoms with Gasteiger partial charge in [-0.05, 0) is 57.3 Å². The first-order valence-electron chi connectivity index (χ1n) is 8.96. The summed E-state index contributed by atoms with van der Waals surface area (Å²) in [5.74, 6) is 0. The second-order valence-electron chi connectivity index (χ2n) is 8.87. The predicted molar refractivity (Wildman–Crippen MR) is 103 cm³/mol. The predicted octanol–water partition coefficient (Wildman–Crippen LogP) is 7.87. The molecule has 0 N–H and O–H groups in total. The van der Waals surface area contributed by atoms with Gasteiger partial charge in [0.1, 0.15) is 0 Å². The lowest BCUT2D eigenvalue weighted by molar-refractivity contribution is 0.340. The summed E-state index contributed by atoms with van der Waals surface area (Å²) in [6, 6.07) is 0. The van der Waals surface area contributed by atoms with Crippen LogP contribution in [0.3, 0.4) is 0 Å². The van der Waals surface area contributed by atoms with E-state index in [1.165, 1.54) is 43.3 Å². The molecule has 0 amide bonds. The third-order valence-electron chi connectivity index (χ3n) is 3.84. The third-order valence-corrected chi connectivity index (χ3v) is 3.84. The van der Waals surface area contributed by atoms with Crippen molar-refractivity contribution in [2.24, 2.45) is 10.8 Å². The Morgan fingerprint density at radius 2 is 1.55 bits per heavy atom. The zero-order chi connectivity index (χ0) is 17.4. The first-order chi connectivity index (χ1) is 9.97. The summed E-state index contributed by atoms with van der Waals surface area (Å²) < 4.78 is 0. The Kier molecular flexibility index (Phi) is 9.05. The maximum atomic E-state index is 4.11. The molecule has 0 aromatic rings. The largest absolute Gasteiger partial charge is 0.100 e. The van der Waals surface area contributed by atoms with Gasteiger partial charge in [-0.15, -0.1) is 6.58 Å². The monoisotopic (exact) mass is 304 g/mol. The second kappa shape index (κ2) is 9.38. The van der Waals surface area contributed by atoms with Crippen LogP contribution in [0.4, 0.5) is 0 Å². The average Bonchev–Trinajstić information content (AvgIpc) is 2.23. The molecule has 22 heavy (non-hydrogen) atoms. The van der Waals surface area contributed by atoms with Gasteiger partial charge < -0.3 is 0 Å². The van der Waals surface area contributed by atoms with Gasteiger partial charge in [-0.25, -0.2) is 0 Å². The van der Waals surface area contributed by atoms with Crippen molar-refractivity contribution < 1.29 is 0 Å². The molecule has 0 heteroatoms. The standard InChI is InChI=1S/C22H40/c1-10-11-12-13-20(16-21(6,7)14-18(2)3)17-22(8,9)15-19(4)5/h13,15H,2,10-12,14,16-17H2,1,3-9H3. The van der Waals surface area contributed by atoms with Crippen molar-refractivity contribution in [1.29, 1.82) is 0 Å². The Morgan fingerprint density at radius 1 is 0.955 bits per heavy atom. The Balaban J connectivity index is 5.09. The summed E-state index contributed by atoms with van der Waals surface area (Å²) in [7, 11) is 0. The van der Waals surface area contributed by atoms with E-state index in [0.717, 1.165) is 6.42 Å². The molecule has 0 aromatic carbocycles. The molecule has 0 saturated carbocycles. The molecule has 128 valence electrons. The third kappa shape index (κ3) is 10.9. The van der Waals surface area contributed by atoms with E-state index in [4.69, 9.17) is 0 Å². The van der Waals surface area contributed by atoms with Gasteiger partial charge in [0, 0.05) is 0 Å². The molecule has 0 aliphatic heterocycles. The van der Waals surface area contributed by atoms with Gasteiger partial charge in [0.25, 0.3) is 0 Å². The SMILES string of the molecule is C=C(C)CC(C)(C)CC(=CCCCC)CC(C)(C)C=C(C)C. The minimum absolute atomic E-state index is 0.246. The summed E-state index contributed by atoms with van der Waals surface area (Å²) in [6.07, 6.45) is 12.2. The Labute approximate surface area is 140 Å². The van der Waals surface area contributed by atoms with E-state index in [9.17, 15) is 0 Å². The molecule has 0 saturated heterocycles. The van der Waals surface area contributed by atoms with Crippen molar-refractivity contribution >= 4 is 0 Å². The number of unbranched alkanes of at least 4 members (excludes halogenated alkanes) is 2. The molecule has 0 nitrogen and oxygen atoms in total. The minimum atomic E-state index is 0.246. The van der Waals surface area contributed by atoms with Crippen LogP contribution in [-0.4, -0.2) is 0 Å². The van der Waals surface area contributed by atoms with E-state index in [2.05, 4.69) is 74.1 Å². The number of hydrogen-bond acceptors (Lipinski definition) is 0. The van der Waals surface area contributed by atoms with Crippen LogP contribution in [-0.2, 0) is 0 Å². The Hall–Kier alpha value is -0.780. The van der Waals surface area contributed by atoms with E-state index in [1.807, 2.05) is 0 Å². The number of rotatable bonds is 10. The topological polar surface area (TPSA) is 0 Å². The lowest BCUT2D eigenvalue weighted by Crippen LogP contribution is -2.17. The fourth-order valence-corrected chi connectivity index (χ4v) is 3.63. The highest BCUT2D eigenvalue weighted by Gasteiger charge is 2.23.